The first-order valence-electron chi connectivity index (χ1n) is 5.90. The van der Waals surface area contributed by atoms with Crippen molar-refractivity contribution in [1.29, 1.82) is 0 Å². The predicted molar refractivity (Wildman–Crippen MR) is 73.2 cm³/mol. The van der Waals surface area contributed by atoms with E-state index in [9.17, 15) is 4.79 Å². The second kappa shape index (κ2) is 5.27. The minimum atomic E-state index is -0.215. The quantitative estimate of drug-likeness (QED) is 0.806. The SMILES string of the molecule is CCc1ccccc1NC(=O)C(=S)NC1CC1. The molecule has 0 spiro atoms. The van der Waals surface area contributed by atoms with Crippen molar-refractivity contribution < 1.29 is 4.79 Å². The number of anilines is 1. The average Bonchev–Trinajstić information content (AvgIpc) is 3.13. The van der Waals surface area contributed by atoms with Gasteiger partial charge in [-0.1, -0.05) is 37.3 Å². The van der Waals surface area contributed by atoms with Crippen molar-refractivity contribution in [1.82, 2.24) is 5.32 Å². The molecule has 1 amide bonds. The van der Waals surface area contributed by atoms with Crippen LogP contribution in [-0.2, 0) is 11.2 Å². The van der Waals surface area contributed by atoms with Crippen LogP contribution >= 0.6 is 12.2 Å². The Labute approximate surface area is 107 Å². The molecule has 0 bridgehead atoms. The van der Waals surface area contributed by atoms with Gasteiger partial charge in [0.2, 0.25) is 0 Å². The maximum absolute atomic E-state index is 11.8. The topological polar surface area (TPSA) is 41.1 Å². The summed E-state index contributed by atoms with van der Waals surface area (Å²) in [4.78, 5) is 12.1. The summed E-state index contributed by atoms with van der Waals surface area (Å²) in [7, 11) is 0. The summed E-state index contributed by atoms with van der Waals surface area (Å²) < 4.78 is 0. The zero-order valence-electron chi connectivity index (χ0n) is 9.82. The lowest BCUT2D eigenvalue weighted by atomic mass is 10.1. The van der Waals surface area contributed by atoms with E-state index in [1.54, 1.807) is 0 Å². The van der Waals surface area contributed by atoms with Crippen LogP contribution in [0.1, 0.15) is 25.3 Å². The lowest BCUT2D eigenvalue weighted by Gasteiger charge is -2.10. The molecule has 1 aliphatic carbocycles. The minimum absolute atomic E-state index is 0.215. The standard InChI is InChI=1S/C13H16N2OS/c1-2-9-5-3-4-6-11(9)15-12(16)13(17)14-10-7-8-10/h3-6,10H,2,7-8H2,1H3,(H,14,17)(H,15,16). The van der Waals surface area contributed by atoms with Crippen LogP contribution in [0.3, 0.4) is 0 Å². The third-order valence-corrected chi connectivity index (χ3v) is 3.07. The Kier molecular flexibility index (Phi) is 3.74. The van der Waals surface area contributed by atoms with Gasteiger partial charge in [-0.15, -0.1) is 0 Å². The molecule has 1 aromatic carbocycles. The molecule has 0 saturated heterocycles. The summed E-state index contributed by atoms with van der Waals surface area (Å²) in [6.07, 6.45) is 3.11. The Bertz CT molecular complexity index is 441. The van der Waals surface area contributed by atoms with Crippen LogP contribution in [-0.4, -0.2) is 16.9 Å². The van der Waals surface area contributed by atoms with Crippen LogP contribution in [0.25, 0.3) is 0 Å². The molecule has 0 unspecified atom stereocenters. The van der Waals surface area contributed by atoms with Crippen LogP contribution in [0.15, 0.2) is 24.3 Å². The van der Waals surface area contributed by atoms with Gasteiger partial charge in [0.05, 0.1) is 0 Å². The summed E-state index contributed by atoms with van der Waals surface area (Å²) in [6, 6.07) is 8.19. The number of benzene rings is 1. The molecular weight excluding hydrogens is 232 g/mol. The van der Waals surface area contributed by atoms with Gasteiger partial charge in [-0.3, -0.25) is 4.79 Å². The highest BCUT2D eigenvalue weighted by atomic mass is 32.1. The summed E-state index contributed by atoms with van der Waals surface area (Å²) >= 11 is 5.05. The number of para-hydroxylation sites is 1. The van der Waals surface area contributed by atoms with Gasteiger partial charge in [-0.25, -0.2) is 0 Å². The molecular formula is C13H16N2OS. The number of thiocarbonyl (C=S) groups is 1. The number of nitrogens with one attached hydrogen (secondary N) is 2. The van der Waals surface area contributed by atoms with Crippen molar-refractivity contribution in [2.75, 3.05) is 5.32 Å². The van der Waals surface area contributed by atoms with Crippen LogP contribution in [0.2, 0.25) is 0 Å². The lowest BCUT2D eigenvalue weighted by Crippen LogP contribution is -2.35. The molecule has 1 aliphatic rings. The number of hydrogen-bond donors (Lipinski definition) is 2. The van der Waals surface area contributed by atoms with Gasteiger partial charge < -0.3 is 10.6 Å². The summed E-state index contributed by atoms with van der Waals surface area (Å²) in [6.45, 7) is 2.06. The number of amides is 1. The summed E-state index contributed by atoms with van der Waals surface area (Å²) in [5, 5.41) is 5.88. The number of carbonyl (C=O) groups excluding carboxylic acids is 1. The fourth-order valence-corrected chi connectivity index (χ4v) is 1.83. The van der Waals surface area contributed by atoms with E-state index in [4.69, 9.17) is 12.2 Å². The fraction of sp³-hybridized carbons (Fsp3) is 0.385. The smallest absolute Gasteiger partial charge is 0.283 e. The van der Waals surface area contributed by atoms with E-state index in [2.05, 4.69) is 17.6 Å². The second-order valence-electron chi connectivity index (χ2n) is 4.21. The molecule has 1 fully saturated rings. The highest BCUT2D eigenvalue weighted by molar-refractivity contribution is 7.82. The zero-order chi connectivity index (χ0) is 12.3. The van der Waals surface area contributed by atoms with Gasteiger partial charge in [0.15, 0.2) is 4.99 Å². The van der Waals surface area contributed by atoms with Gasteiger partial charge in [-0.05, 0) is 30.9 Å². The van der Waals surface area contributed by atoms with Gasteiger partial charge in [0, 0.05) is 11.7 Å². The van der Waals surface area contributed by atoms with Crippen LogP contribution in [0.4, 0.5) is 5.69 Å². The van der Waals surface area contributed by atoms with Gasteiger partial charge in [0.25, 0.3) is 5.91 Å². The average molecular weight is 248 g/mol. The van der Waals surface area contributed by atoms with E-state index in [0.29, 0.717) is 11.0 Å². The van der Waals surface area contributed by atoms with Crippen molar-refractivity contribution in [2.45, 2.75) is 32.2 Å². The highest BCUT2D eigenvalue weighted by Gasteiger charge is 2.24. The first-order chi connectivity index (χ1) is 8.20. The van der Waals surface area contributed by atoms with Crippen LogP contribution in [0, 0.1) is 0 Å². The molecule has 0 atom stereocenters. The Hall–Kier alpha value is -1.42. The Morgan fingerprint density at radius 1 is 1.41 bits per heavy atom. The van der Waals surface area contributed by atoms with Gasteiger partial charge in [-0.2, -0.15) is 0 Å². The minimum Gasteiger partial charge on any atom is -0.369 e. The zero-order valence-corrected chi connectivity index (χ0v) is 10.6. The molecule has 1 aromatic rings. The first kappa shape index (κ1) is 12.0. The molecule has 0 heterocycles. The fourth-order valence-electron chi connectivity index (χ4n) is 1.61. The normalized spacial score (nSPS) is 14.2. The number of carbonyl (C=O) groups is 1. The molecule has 0 aliphatic heterocycles. The monoisotopic (exact) mass is 248 g/mol. The van der Waals surface area contributed by atoms with Crippen molar-refractivity contribution in [2.24, 2.45) is 0 Å². The second-order valence-corrected chi connectivity index (χ2v) is 4.62. The van der Waals surface area contributed by atoms with Gasteiger partial charge >= 0.3 is 0 Å². The van der Waals surface area contributed by atoms with E-state index < -0.39 is 0 Å². The van der Waals surface area contributed by atoms with Crippen molar-refractivity contribution >= 4 is 28.8 Å². The highest BCUT2D eigenvalue weighted by Crippen LogP contribution is 2.19. The van der Waals surface area contributed by atoms with Crippen molar-refractivity contribution in [3.63, 3.8) is 0 Å². The van der Waals surface area contributed by atoms with Gasteiger partial charge in [0.1, 0.15) is 0 Å². The molecule has 0 aromatic heterocycles. The van der Waals surface area contributed by atoms with Crippen molar-refractivity contribution in [3.05, 3.63) is 29.8 Å². The maximum atomic E-state index is 11.8. The molecule has 0 radical (unpaired) electrons. The van der Waals surface area contributed by atoms with E-state index >= 15 is 0 Å². The Morgan fingerprint density at radius 3 is 2.76 bits per heavy atom. The predicted octanol–water partition coefficient (Wildman–Crippen LogP) is 2.27. The molecule has 90 valence electrons. The Morgan fingerprint density at radius 2 is 2.12 bits per heavy atom. The summed E-state index contributed by atoms with van der Waals surface area (Å²) in [5.41, 5.74) is 1.97. The molecule has 3 nitrogen and oxygen atoms in total. The molecule has 4 heteroatoms. The largest absolute Gasteiger partial charge is 0.369 e. The number of rotatable bonds is 3. The third kappa shape index (κ3) is 3.27. The van der Waals surface area contributed by atoms with Crippen LogP contribution in [0.5, 0.6) is 0 Å². The molecule has 1 saturated carbocycles. The Balaban J connectivity index is 1.98. The molecule has 2 rings (SSSR count). The summed E-state index contributed by atoms with van der Waals surface area (Å²) in [5.74, 6) is -0.215. The lowest BCUT2D eigenvalue weighted by molar-refractivity contribution is -0.110. The third-order valence-electron chi connectivity index (χ3n) is 2.77. The number of aryl methyl sites for hydroxylation is 1. The van der Waals surface area contributed by atoms with E-state index in [1.807, 2.05) is 24.3 Å². The van der Waals surface area contributed by atoms with E-state index in [0.717, 1.165) is 30.5 Å². The number of hydrogen-bond acceptors (Lipinski definition) is 2. The maximum Gasteiger partial charge on any atom is 0.283 e. The van der Waals surface area contributed by atoms with E-state index in [1.165, 1.54) is 0 Å². The first-order valence-corrected chi connectivity index (χ1v) is 6.31. The van der Waals surface area contributed by atoms with Crippen molar-refractivity contribution in [3.8, 4) is 0 Å². The van der Waals surface area contributed by atoms with E-state index in [-0.39, 0.29) is 5.91 Å². The molecule has 17 heavy (non-hydrogen) atoms. The van der Waals surface area contributed by atoms with Crippen LogP contribution < -0.4 is 10.6 Å². The molecule has 2 N–H and O–H groups in total.